The van der Waals surface area contributed by atoms with E-state index in [9.17, 15) is 0 Å². The molecule has 49 heavy (non-hydrogen) atoms. The molecular formula is C45H32N4. The largest absolute Gasteiger partial charge is 0.265 e. The number of pyridine rings is 1. The molecule has 1 aliphatic rings. The van der Waals surface area contributed by atoms with Crippen LogP contribution in [-0.4, -0.2) is 19.9 Å². The maximum absolute atomic E-state index is 5.07. The Hall–Kier alpha value is -6.26. The number of benzene rings is 6. The highest BCUT2D eigenvalue weighted by atomic mass is 15.0. The van der Waals surface area contributed by atoms with Crippen LogP contribution in [0, 0.1) is 0 Å². The zero-order valence-corrected chi connectivity index (χ0v) is 27.3. The fourth-order valence-corrected chi connectivity index (χ4v) is 7.32. The van der Waals surface area contributed by atoms with Crippen molar-refractivity contribution in [2.45, 2.75) is 19.3 Å². The molecule has 0 saturated carbocycles. The van der Waals surface area contributed by atoms with Crippen LogP contribution in [0.3, 0.4) is 0 Å². The van der Waals surface area contributed by atoms with Crippen LogP contribution < -0.4 is 0 Å². The van der Waals surface area contributed by atoms with E-state index in [1.54, 1.807) is 12.4 Å². The zero-order valence-electron chi connectivity index (χ0n) is 27.3. The van der Waals surface area contributed by atoms with Gasteiger partial charge < -0.3 is 0 Å². The van der Waals surface area contributed by atoms with Crippen LogP contribution in [0.25, 0.3) is 78.3 Å². The van der Waals surface area contributed by atoms with E-state index >= 15 is 0 Å². The van der Waals surface area contributed by atoms with E-state index in [-0.39, 0.29) is 5.41 Å². The molecule has 2 heterocycles. The van der Waals surface area contributed by atoms with Gasteiger partial charge >= 0.3 is 0 Å². The van der Waals surface area contributed by atoms with Crippen LogP contribution in [0.15, 0.2) is 158 Å². The second-order valence-corrected chi connectivity index (χ2v) is 13.1. The molecule has 0 bridgehead atoms. The fraction of sp³-hybridized carbons (Fsp3) is 0.0667. The summed E-state index contributed by atoms with van der Waals surface area (Å²) < 4.78 is 0. The smallest absolute Gasteiger partial charge is 0.164 e. The van der Waals surface area contributed by atoms with Crippen molar-refractivity contribution in [1.82, 2.24) is 19.9 Å². The third kappa shape index (κ3) is 4.92. The molecule has 0 spiro atoms. The van der Waals surface area contributed by atoms with Gasteiger partial charge in [-0.1, -0.05) is 141 Å². The van der Waals surface area contributed by atoms with Gasteiger partial charge in [-0.2, -0.15) is 0 Å². The first-order chi connectivity index (χ1) is 24.0. The highest BCUT2D eigenvalue weighted by Crippen LogP contribution is 2.54. The van der Waals surface area contributed by atoms with Gasteiger partial charge in [0.25, 0.3) is 0 Å². The van der Waals surface area contributed by atoms with Crippen LogP contribution in [0.1, 0.15) is 25.0 Å². The molecule has 0 aliphatic heterocycles. The van der Waals surface area contributed by atoms with Crippen molar-refractivity contribution < 1.29 is 0 Å². The Kier molecular flexibility index (Phi) is 6.77. The first kappa shape index (κ1) is 28.9. The molecule has 1 aliphatic carbocycles. The van der Waals surface area contributed by atoms with Crippen LogP contribution in [0.5, 0.6) is 0 Å². The quantitative estimate of drug-likeness (QED) is 0.190. The summed E-state index contributed by atoms with van der Waals surface area (Å²) in [6.45, 7) is 4.68. The monoisotopic (exact) mass is 628 g/mol. The Balaban J connectivity index is 1.19. The Morgan fingerprint density at radius 1 is 0.408 bits per heavy atom. The van der Waals surface area contributed by atoms with Crippen molar-refractivity contribution >= 4 is 10.8 Å². The predicted octanol–water partition coefficient (Wildman–Crippen LogP) is 11.1. The lowest BCUT2D eigenvalue weighted by molar-refractivity contribution is 0.661. The number of nitrogens with zero attached hydrogens (tertiary/aromatic N) is 4. The lowest BCUT2D eigenvalue weighted by Crippen LogP contribution is -2.14. The van der Waals surface area contributed by atoms with Gasteiger partial charge in [0, 0.05) is 34.5 Å². The molecule has 4 nitrogen and oxygen atoms in total. The fourth-order valence-electron chi connectivity index (χ4n) is 7.32. The minimum Gasteiger partial charge on any atom is -0.265 e. The highest BCUT2D eigenvalue weighted by Gasteiger charge is 2.37. The minimum absolute atomic E-state index is 0.110. The van der Waals surface area contributed by atoms with Crippen molar-refractivity contribution in [3.8, 4) is 67.5 Å². The van der Waals surface area contributed by atoms with Gasteiger partial charge in [-0.25, -0.2) is 15.0 Å². The molecule has 0 amide bonds. The van der Waals surface area contributed by atoms with Crippen molar-refractivity contribution in [2.24, 2.45) is 0 Å². The summed E-state index contributed by atoms with van der Waals surface area (Å²) in [5, 5.41) is 2.55. The van der Waals surface area contributed by atoms with E-state index < -0.39 is 0 Å². The van der Waals surface area contributed by atoms with Crippen molar-refractivity contribution in [3.05, 3.63) is 169 Å². The van der Waals surface area contributed by atoms with Gasteiger partial charge in [0.05, 0.1) is 0 Å². The topological polar surface area (TPSA) is 51.6 Å². The van der Waals surface area contributed by atoms with Gasteiger partial charge in [0.1, 0.15) is 0 Å². The summed E-state index contributed by atoms with van der Waals surface area (Å²) in [7, 11) is 0. The Labute approximate surface area is 285 Å². The van der Waals surface area contributed by atoms with E-state index in [1.807, 2.05) is 18.2 Å². The van der Waals surface area contributed by atoms with E-state index in [1.165, 1.54) is 44.2 Å². The van der Waals surface area contributed by atoms with Crippen molar-refractivity contribution in [3.63, 3.8) is 0 Å². The minimum atomic E-state index is -0.110. The lowest BCUT2D eigenvalue weighted by atomic mass is 9.81. The van der Waals surface area contributed by atoms with E-state index in [4.69, 9.17) is 15.0 Å². The van der Waals surface area contributed by atoms with E-state index in [2.05, 4.69) is 146 Å². The average Bonchev–Trinajstić information content (AvgIpc) is 3.42. The maximum Gasteiger partial charge on any atom is 0.164 e. The molecule has 0 atom stereocenters. The molecule has 2 aromatic heterocycles. The molecular weight excluding hydrogens is 597 g/mol. The molecule has 0 radical (unpaired) electrons. The van der Waals surface area contributed by atoms with Crippen molar-refractivity contribution in [2.75, 3.05) is 0 Å². The summed E-state index contributed by atoms with van der Waals surface area (Å²) in [5.41, 5.74) is 12.7. The van der Waals surface area contributed by atoms with Crippen LogP contribution in [0.4, 0.5) is 0 Å². The molecule has 0 unspecified atom stereocenters. The Morgan fingerprint density at radius 2 is 0.980 bits per heavy atom. The summed E-state index contributed by atoms with van der Waals surface area (Å²) in [5.74, 6) is 1.87. The second-order valence-electron chi connectivity index (χ2n) is 13.1. The number of aromatic nitrogens is 4. The predicted molar refractivity (Wildman–Crippen MR) is 200 cm³/mol. The van der Waals surface area contributed by atoms with Gasteiger partial charge in [-0.05, 0) is 73.5 Å². The SMILES string of the molecule is CC1(C)c2cccc(-c3cccc(-c4nc(-c5ccncc5)nc(-c5ccc(-c6ccccc6)cc5)n4)c3)c2-c2c1ccc1ccccc21. The van der Waals surface area contributed by atoms with Crippen LogP contribution >= 0.6 is 0 Å². The number of rotatable bonds is 5. The third-order valence-corrected chi connectivity index (χ3v) is 9.85. The van der Waals surface area contributed by atoms with Gasteiger partial charge in [-0.15, -0.1) is 0 Å². The molecule has 9 rings (SSSR count). The summed E-state index contributed by atoms with van der Waals surface area (Å²) in [6, 6.07) is 51.3. The number of fused-ring (bicyclic) bond motifs is 5. The molecule has 8 aromatic rings. The van der Waals surface area contributed by atoms with Crippen molar-refractivity contribution in [1.29, 1.82) is 0 Å². The maximum atomic E-state index is 5.07. The van der Waals surface area contributed by atoms with Crippen LogP contribution in [0.2, 0.25) is 0 Å². The molecule has 6 aromatic carbocycles. The number of hydrogen-bond donors (Lipinski definition) is 0. The normalized spacial score (nSPS) is 12.9. The molecule has 0 fully saturated rings. The molecule has 0 saturated heterocycles. The average molecular weight is 629 g/mol. The van der Waals surface area contributed by atoms with Gasteiger partial charge in [0.15, 0.2) is 17.5 Å². The lowest BCUT2D eigenvalue weighted by Gasteiger charge is -2.21. The second kappa shape index (κ2) is 11.5. The van der Waals surface area contributed by atoms with Gasteiger partial charge in [0.2, 0.25) is 0 Å². The summed E-state index contributed by atoms with van der Waals surface area (Å²) >= 11 is 0. The Bertz CT molecular complexity index is 2500. The van der Waals surface area contributed by atoms with E-state index in [0.717, 1.165) is 27.8 Å². The van der Waals surface area contributed by atoms with Gasteiger partial charge in [-0.3, -0.25) is 4.98 Å². The molecule has 0 N–H and O–H groups in total. The summed E-state index contributed by atoms with van der Waals surface area (Å²) in [4.78, 5) is 19.3. The highest BCUT2D eigenvalue weighted by molar-refractivity contribution is 6.06. The third-order valence-electron chi connectivity index (χ3n) is 9.85. The zero-order chi connectivity index (χ0) is 33.0. The molecule has 4 heteroatoms. The van der Waals surface area contributed by atoms with E-state index in [0.29, 0.717) is 17.5 Å². The Morgan fingerprint density at radius 3 is 1.76 bits per heavy atom. The molecule has 232 valence electrons. The number of hydrogen-bond acceptors (Lipinski definition) is 4. The first-order valence-corrected chi connectivity index (χ1v) is 16.6. The summed E-state index contributed by atoms with van der Waals surface area (Å²) in [6.07, 6.45) is 3.54. The first-order valence-electron chi connectivity index (χ1n) is 16.6. The standard InChI is InChI=1S/C45H32N4/c1-45(2)38-17-9-16-37(41(38)40-36-15-7-6-12-31(36)22-23-39(40)45)34-13-8-14-35(28-34)44-48-42(47-43(49-44)33-24-26-46-27-25-33)32-20-18-30(19-21-32)29-10-4-3-5-11-29/h3-28H,1-2H3. The van der Waals surface area contributed by atoms with Crippen LogP contribution in [-0.2, 0) is 5.41 Å².